The number of halogens is 1. The fourth-order valence-electron chi connectivity index (χ4n) is 3.05. The first-order valence-corrected chi connectivity index (χ1v) is 7.74. The molecule has 1 aliphatic heterocycles. The normalized spacial score (nSPS) is 23.4. The lowest BCUT2D eigenvalue weighted by Gasteiger charge is -2.36. The van der Waals surface area contributed by atoms with Gasteiger partial charge < -0.3 is 9.84 Å². The van der Waals surface area contributed by atoms with Gasteiger partial charge in [0.1, 0.15) is 5.82 Å². The van der Waals surface area contributed by atoms with Crippen LogP contribution in [0.25, 0.3) is 0 Å². The molecule has 1 N–H and O–H groups in total. The zero-order valence-electron chi connectivity index (χ0n) is 13.4. The molecule has 6 heteroatoms. The third-order valence-electron chi connectivity index (χ3n) is 3.89. The summed E-state index contributed by atoms with van der Waals surface area (Å²) in [4.78, 5) is 25.8. The molecule has 1 saturated heterocycles. The van der Waals surface area contributed by atoms with Gasteiger partial charge in [0.2, 0.25) is 0 Å². The molecule has 0 bridgehead atoms. The van der Waals surface area contributed by atoms with Crippen molar-refractivity contribution >= 4 is 11.8 Å². The number of rotatable bonds is 6. The van der Waals surface area contributed by atoms with Crippen LogP contribution in [0.1, 0.15) is 30.6 Å². The highest BCUT2D eigenvalue weighted by molar-refractivity contribution is 5.99. The van der Waals surface area contributed by atoms with Crippen LogP contribution in [0.3, 0.4) is 0 Å². The van der Waals surface area contributed by atoms with Crippen LogP contribution in [0.4, 0.5) is 4.39 Å². The van der Waals surface area contributed by atoms with Crippen LogP contribution in [-0.2, 0) is 9.53 Å². The molecule has 0 saturated carbocycles. The fraction of sp³-hybridized carbons (Fsp3) is 0.529. The lowest BCUT2D eigenvalue weighted by atomic mass is 9.93. The van der Waals surface area contributed by atoms with Gasteiger partial charge in [0.25, 0.3) is 0 Å². The van der Waals surface area contributed by atoms with Gasteiger partial charge in [-0.25, -0.2) is 4.39 Å². The largest absolute Gasteiger partial charge is 0.481 e. The topological polar surface area (TPSA) is 66.8 Å². The zero-order chi connectivity index (χ0) is 17.0. The molecular weight excluding hydrogens is 301 g/mol. The van der Waals surface area contributed by atoms with Crippen molar-refractivity contribution in [1.82, 2.24) is 4.90 Å². The summed E-state index contributed by atoms with van der Waals surface area (Å²) in [7, 11) is 0. The minimum atomic E-state index is -1.01. The molecule has 0 spiro atoms. The monoisotopic (exact) mass is 323 g/mol. The van der Waals surface area contributed by atoms with Gasteiger partial charge in [-0.05, 0) is 38.1 Å². The predicted octanol–water partition coefficient (Wildman–Crippen LogP) is 2.21. The van der Waals surface area contributed by atoms with Gasteiger partial charge in [0.05, 0.1) is 18.6 Å². The molecule has 1 fully saturated rings. The maximum absolute atomic E-state index is 13.0. The number of carboxylic acids is 1. The number of benzene rings is 1. The SMILES string of the molecule is CC1CN(CC(CC(=O)O)C(=O)c2ccc(F)cc2)CC(C)O1. The number of aliphatic carboxylic acids is 1. The van der Waals surface area contributed by atoms with Crippen molar-refractivity contribution < 1.29 is 23.8 Å². The van der Waals surface area contributed by atoms with Crippen molar-refractivity contribution in [1.29, 1.82) is 0 Å². The van der Waals surface area contributed by atoms with Crippen LogP contribution < -0.4 is 0 Å². The molecule has 1 aromatic carbocycles. The van der Waals surface area contributed by atoms with Crippen LogP contribution in [0.5, 0.6) is 0 Å². The first-order valence-electron chi connectivity index (χ1n) is 7.74. The van der Waals surface area contributed by atoms with Crippen LogP contribution in [0.2, 0.25) is 0 Å². The Morgan fingerprint density at radius 1 is 1.26 bits per heavy atom. The van der Waals surface area contributed by atoms with E-state index >= 15 is 0 Å². The minimum Gasteiger partial charge on any atom is -0.481 e. The highest BCUT2D eigenvalue weighted by Gasteiger charge is 2.29. The molecular formula is C17H22FNO4. The highest BCUT2D eigenvalue weighted by Crippen LogP contribution is 2.18. The van der Waals surface area contributed by atoms with Gasteiger partial charge >= 0.3 is 5.97 Å². The van der Waals surface area contributed by atoms with Crippen molar-refractivity contribution in [2.45, 2.75) is 32.5 Å². The van der Waals surface area contributed by atoms with Gasteiger partial charge in [-0.2, -0.15) is 0 Å². The van der Waals surface area contributed by atoms with Crippen molar-refractivity contribution in [3.8, 4) is 0 Å². The number of Topliss-reactive ketones (excluding diaryl/α,β-unsaturated/α-hetero) is 1. The molecule has 0 amide bonds. The first kappa shape index (κ1) is 17.6. The molecule has 1 aromatic rings. The summed E-state index contributed by atoms with van der Waals surface area (Å²) in [6.45, 7) is 5.60. The Morgan fingerprint density at radius 3 is 2.35 bits per heavy atom. The van der Waals surface area contributed by atoms with Gasteiger partial charge in [0, 0.05) is 31.1 Å². The number of carbonyl (C=O) groups is 2. The van der Waals surface area contributed by atoms with Crippen LogP contribution >= 0.6 is 0 Å². The number of nitrogens with zero attached hydrogens (tertiary/aromatic N) is 1. The van der Waals surface area contributed by atoms with Crippen molar-refractivity contribution in [3.05, 3.63) is 35.6 Å². The average Bonchev–Trinajstić information content (AvgIpc) is 2.45. The summed E-state index contributed by atoms with van der Waals surface area (Å²) in [5.41, 5.74) is 0.340. The van der Waals surface area contributed by atoms with Crippen molar-refractivity contribution in [2.24, 2.45) is 5.92 Å². The molecule has 5 nitrogen and oxygen atoms in total. The summed E-state index contributed by atoms with van der Waals surface area (Å²) in [5.74, 6) is -2.36. The molecule has 0 aromatic heterocycles. The Kier molecular flexibility index (Phi) is 5.85. The number of ether oxygens (including phenoxy) is 1. The number of carbonyl (C=O) groups excluding carboxylic acids is 1. The van der Waals surface area contributed by atoms with E-state index in [9.17, 15) is 14.0 Å². The second-order valence-electron chi connectivity index (χ2n) is 6.14. The Balaban J connectivity index is 2.11. The maximum Gasteiger partial charge on any atom is 0.304 e. The summed E-state index contributed by atoms with van der Waals surface area (Å²) >= 11 is 0. The molecule has 3 atom stereocenters. The quantitative estimate of drug-likeness (QED) is 0.813. The lowest BCUT2D eigenvalue weighted by Crippen LogP contribution is -2.48. The average molecular weight is 323 g/mol. The molecule has 0 aliphatic carbocycles. The molecule has 23 heavy (non-hydrogen) atoms. The van der Waals surface area contributed by atoms with Crippen LogP contribution in [-0.4, -0.2) is 53.6 Å². The van der Waals surface area contributed by atoms with E-state index in [1.807, 2.05) is 13.8 Å². The van der Waals surface area contributed by atoms with E-state index in [4.69, 9.17) is 9.84 Å². The van der Waals surface area contributed by atoms with E-state index in [1.54, 1.807) is 0 Å². The molecule has 2 rings (SSSR count). The Hall–Kier alpha value is -1.79. The maximum atomic E-state index is 13.0. The number of morpholine rings is 1. The predicted molar refractivity (Wildman–Crippen MR) is 82.9 cm³/mol. The minimum absolute atomic E-state index is 0.0464. The Bertz CT molecular complexity index is 550. The Labute approximate surface area is 135 Å². The van der Waals surface area contributed by atoms with Gasteiger partial charge in [-0.3, -0.25) is 14.5 Å². The van der Waals surface area contributed by atoms with Crippen molar-refractivity contribution in [3.63, 3.8) is 0 Å². The van der Waals surface area contributed by atoms with Gasteiger partial charge in [0.15, 0.2) is 5.78 Å². The number of hydrogen-bond acceptors (Lipinski definition) is 4. The molecule has 1 aliphatic rings. The van der Waals surface area contributed by atoms with Gasteiger partial charge in [-0.15, -0.1) is 0 Å². The Morgan fingerprint density at radius 2 is 1.83 bits per heavy atom. The summed E-state index contributed by atoms with van der Waals surface area (Å²) < 4.78 is 18.6. The molecule has 1 heterocycles. The second kappa shape index (κ2) is 7.66. The first-order chi connectivity index (χ1) is 10.8. The van der Waals surface area contributed by atoms with E-state index in [1.165, 1.54) is 24.3 Å². The molecule has 0 radical (unpaired) electrons. The zero-order valence-corrected chi connectivity index (χ0v) is 13.4. The summed E-state index contributed by atoms with van der Waals surface area (Å²) in [6.07, 6.45) is -0.147. The van der Waals surface area contributed by atoms with Crippen LogP contribution in [0, 0.1) is 11.7 Å². The molecule has 126 valence electrons. The summed E-state index contributed by atoms with van der Waals surface area (Å²) in [5, 5.41) is 9.10. The van der Waals surface area contributed by atoms with Crippen molar-refractivity contribution in [2.75, 3.05) is 19.6 Å². The lowest BCUT2D eigenvalue weighted by molar-refractivity contribution is -0.138. The number of carboxylic acid groups (broad SMARTS) is 1. The standard InChI is InChI=1S/C17H22FNO4/c1-11-8-19(9-12(2)23-11)10-14(7-16(20)21)17(22)13-3-5-15(18)6-4-13/h3-6,11-12,14H,7-10H2,1-2H3,(H,20,21). The second-order valence-corrected chi connectivity index (χ2v) is 6.14. The third-order valence-corrected chi connectivity index (χ3v) is 3.89. The van der Waals surface area contributed by atoms with Crippen LogP contribution in [0.15, 0.2) is 24.3 Å². The number of ketones is 1. The number of hydrogen-bond donors (Lipinski definition) is 1. The highest BCUT2D eigenvalue weighted by atomic mass is 19.1. The molecule has 3 unspecified atom stereocenters. The summed E-state index contributed by atoms with van der Waals surface area (Å²) in [6, 6.07) is 5.22. The smallest absolute Gasteiger partial charge is 0.304 e. The van der Waals surface area contributed by atoms with E-state index in [2.05, 4.69) is 4.90 Å². The van der Waals surface area contributed by atoms with E-state index in [-0.39, 0.29) is 24.4 Å². The fourth-order valence-corrected chi connectivity index (χ4v) is 3.05. The third kappa shape index (κ3) is 5.11. The van der Waals surface area contributed by atoms with E-state index in [0.29, 0.717) is 25.2 Å². The van der Waals surface area contributed by atoms with Gasteiger partial charge in [-0.1, -0.05) is 0 Å². The van der Waals surface area contributed by atoms with E-state index in [0.717, 1.165) is 0 Å². The van der Waals surface area contributed by atoms with E-state index < -0.39 is 17.7 Å².